The molecule has 1 unspecified atom stereocenters. The van der Waals surface area contributed by atoms with Crippen molar-refractivity contribution < 1.29 is 4.74 Å². The zero-order valence-electron chi connectivity index (χ0n) is 25.4. The van der Waals surface area contributed by atoms with Crippen LogP contribution in [0.15, 0.2) is 94.7 Å². The molecule has 0 saturated carbocycles. The van der Waals surface area contributed by atoms with E-state index < -0.39 is 5.72 Å². The van der Waals surface area contributed by atoms with Crippen LogP contribution in [0.1, 0.15) is 77.8 Å². The van der Waals surface area contributed by atoms with E-state index >= 15 is 0 Å². The number of likely N-dealkylation sites (N-methyl/N-ethyl adjacent to an activating group) is 2. The highest BCUT2D eigenvalue weighted by atomic mass is 35.5. The molecule has 4 heteroatoms. The summed E-state index contributed by atoms with van der Waals surface area (Å²) in [5.74, 6) is 0. The predicted molar refractivity (Wildman–Crippen MR) is 171 cm³/mol. The number of nitrogens with zero attached hydrogens (tertiary/aromatic N) is 2. The Hall–Kier alpha value is -2.75. The van der Waals surface area contributed by atoms with E-state index in [2.05, 4.69) is 131 Å². The van der Waals surface area contributed by atoms with Crippen LogP contribution >= 0.6 is 11.6 Å². The van der Waals surface area contributed by atoms with Gasteiger partial charge in [-0.15, -0.1) is 0 Å². The molecule has 0 fully saturated rings. The molecule has 2 aliphatic heterocycles. The fourth-order valence-corrected chi connectivity index (χ4v) is 7.32. The van der Waals surface area contributed by atoms with Crippen LogP contribution in [0.3, 0.4) is 0 Å². The molecule has 212 valence electrons. The monoisotopic (exact) mass is 556 g/mol. The van der Waals surface area contributed by atoms with Crippen molar-refractivity contribution >= 4 is 23.0 Å². The molecule has 3 nitrogen and oxygen atoms in total. The van der Waals surface area contributed by atoms with Crippen LogP contribution < -0.4 is 9.80 Å². The lowest BCUT2D eigenvalue weighted by molar-refractivity contribution is -0.0477. The molecule has 5 rings (SSSR count). The SMILES string of the molecule is CCCCOC1(/C=C/C2=C(Cl)C(=C/C=C3\N(C)c4ccccc4C3(C)C)/CCC2)N(C)c2ccccc2C1(C)C. The Morgan fingerprint density at radius 3 is 2.25 bits per heavy atom. The maximum atomic E-state index is 7.15. The summed E-state index contributed by atoms with van der Waals surface area (Å²) in [7, 11) is 4.33. The number of anilines is 2. The van der Waals surface area contributed by atoms with Crippen molar-refractivity contribution in [2.45, 2.75) is 83.3 Å². The van der Waals surface area contributed by atoms with Gasteiger partial charge in [0.1, 0.15) is 0 Å². The van der Waals surface area contributed by atoms with E-state index in [1.165, 1.54) is 39.3 Å². The number of unbranched alkanes of at least 4 members (excludes halogenated alkanes) is 1. The van der Waals surface area contributed by atoms with Crippen molar-refractivity contribution in [2.24, 2.45) is 0 Å². The first kappa shape index (κ1) is 28.8. The van der Waals surface area contributed by atoms with Gasteiger partial charge in [0.25, 0.3) is 0 Å². The summed E-state index contributed by atoms with van der Waals surface area (Å²) in [6, 6.07) is 17.4. The van der Waals surface area contributed by atoms with Gasteiger partial charge in [-0.1, -0.05) is 101 Å². The third kappa shape index (κ3) is 4.56. The number of hydrogen-bond acceptors (Lipinski definition) is 3. The van der Waals surface area contributed by atoms with Gasteiger partial charge in [-0.25, -0.2) is 0 Å². The summed E-state index contributed by atoms with van der Waals surface area (Å²) in [6.45, 7) is 12.2. The molecule has 0 amide bonds. The minimum absolute atomic E-state index is 0.0498. The molecule has 0 radical (unpaired) electrons. The molecule has 2 aromatic carbocycles. The highest BCUT2D eigenvalue weighted by Crippen LogP contribution is 2.53. The zero-order valence-corrected chi connectivity index (χ0v) is 26.1. The Labute approximate surface area is 246 Å². The van der Waals surface area contributed by atoms with Crippen molar-refractivity contribution in [1.82, 2.24) is 0 Å². The van der Waals surface area contributed by atoms with Crippen molar-refractivity contribution in [3.63, 3.8) is 0 Å². The molecule has 0 saturated heterocycles. The van der Waals surface area contributed by atoms with Gasteiger partial charge in [0.2, 0.25) is 0 Å². The minimum Gasteiger partial charge on any atom is -0.351 e. The topological polar surface area (TPSA) is 15.7 Å². The fraction of sp³-hybridized carbons (Fsp3) is 0.444. The highest BCUT2D eigenvalue weighted by molar-refractivity contribution is 6.32. The van der Waals surface area contributed by atoms with E-state index in [-0.39, 0.29) is 10.8 Å². The third-order valence-corrected chi connectivity index (χ3v) is 9.99. The lowest BCUT2D eigenvalue weighted by Gasteiger charge is -2.44. The predicted octanol–water partition coefficient (Wildman–Crippen LogP) is 9.40. The maximum absolute atomic E-state index is 7.15. The smallest absolute Gasteiger partial charge is 0.169 e. The van der Waals surface area contributed by atoms with E-state index in [1.54, 1.807) is 0 Å². The van der Waals surface area contributed by atoms with Gasteiger partial charge in [-0.3, -0.25) is 0 Å². The molecule has 0 bridgehead atoms. The van der Waals surface area contributed by atoms with Gasteiger partial charge < -0.3 is 14.5 Å². The van der Waals surface area contributed by atoms with Crippen LogP contribution in [-0.2, 0) is 15.6 Å². The Bertz CT molecular complexity index is 1400. The molecule has 0 N–H and O–H groups in total. The maximum Gasteiger partial charge on any atom is 0.169 e. The van der Waals surface area contributed by atoms with Gasteiger partial charge in [0, 0.05) is 53.6 Å². The van der Waals surface area contributed by atoms with Crippen LogP contribution in [0, 0.1) is 0 Å². The number of fused-ring (bicyclic) bond motifs is 2. The molecular weight excluding hydrogens is 512 g/mol. The first-order chi connectivity index (χ1) is 19.1. The Morgan fingerprint density at radius 1 is 0.900 bits per heavy atom. The second-order valence-corrected chi connectivity index (χ2v) is 12.9. The normalized spacial score (nSPS) is 25.4. The van der Waals surface area contributed by atoms with E-state index in [0.29, 0.717) is 0 Å². The lowest BCUT2D eigenvalue weighted by atomic mass is 9.77. The van der Waals surface area contributed by atoms with Crippen molar-refractivity contribution in [3.8, 4) is 0 Å². The summed E-state index contributed by atoms with van der Waals surface area (Å²) in [5.41, 5.74) is 8.05. The molecule has 40 heavy (non-hydrogen) atoms. The van der Waals surface area contributed by atoms with E-state index in [1.807, 2.05) is 0 Å². The fourth-order valence-electron chi connectivity index (χ4n) is 7.01. The third-order valence-electron chi connectivity index (χ3n) is 9.50. The van der Waals surface area contributed by atoms with Crippen LogP contribution in [0.25, 0.3) is 0 Å². The number of hydrogen-bond donors (Lipinski definition) is 0. The summed E-state index contributed by atoms with van der Waals surface area (Å²) in [4.78, 5) is 4.64. The van der Waals surface area contributed by atoms with Gasteiger partial charge in [0.15, 0.2) is 5.72 Å². The Balaban J connectivity index is 1.49. The number of allylic oxidation sites excluding steroid dienone is 7. The number of halogens is 1. The number of benzene rings is 2. The lowest BCUT2D eigenvalue weighted by Crippen LogP contribution is -2.55. The van der Waals surface area contributed by atoms with Gasteiger partial charge >= 0.3 is 0 Å². The molecule has 1 aliphatic carbocycles. The van der Waals surface area contributed by atoms with E-state index in [4.69, 9.17) is 16.3 Å². The number of rotatable bonds is 7. The first-order valence-corrected chi connectivity index (χ1v) is 15.2. The van der Waals surface area contributed by atoms with Crippen LogP contribution in [0.2, 0.25) is 0 Å². The van der Waals surface area contributed by atoms with E-state index in [0.717, 1.165) is 43.7 Å². The van der Waals surface area contributed by atoms with Crippen LogP contribution in [-0.4, -0.2) is 26.4 Å². The summed E-state index contributed by atoms with van der Waals surface area (Å²) >= 11 is 7.15. The Morgan fingerprint density at radius 2 is 1.57 bits per heavy atom. The molecule has 2 aromatic rings. The largest absolute Gasteiger partial charge is 0.351 e. The standard InChI is InChI=1S/C36H45ClN2O/c1-8-9-25-40-36(35(4,5)29-18-11-13-20-31(29)39(36)7)24-23-27-16-14-15-26(33(27)37)21-22-32-34(2,3)28-17-10-12-19-30(28)38(32)6/h10-13,17-24H,8-9,14-16,25H2,1-7H3/b24-23+,26-21+,32-22-. The van der Waals surface area contributed by atoms with Crippen molar-refractivity contribution in [1.29, 1.82) is 0 Å². The van der Waals surface area contributed by atoms with Gasteiger partial charge in [0.05, 0.1) is 0 Å². The van der Waals surface area contributed by atoms with Gasteiger partial charge in [-0.2, -0.15) is 0 Å². The first-order valence-electron chi connectivity index (χ1n) is 14.9. The van der Waals surface area contributed by atoms with Crippen molar-refractivity contribution in [2.75, 3.05) is 30.5 Å². The molecule has 1 atom stereocenters. The second-order valence-electron chi connectivity index (χ2n) is 12.6. The summed E-state index contributed by atoms with van der Waals surface area (Å²) < 4.78 is 6.82. The van der Waals surface area contributed by atoms with Crippen LogP contribution in [0.4, 0.5) is 11.4 Å². The minimum atomic E-state index is -0.582. The second kappa shape index (κ2) is 10.9. The van der Waals surface area contributed by atoms with E-state index in [9.17, 15) is 0 Å². The average Bonchev–Trinajstić information content (AvgIpc) is 3.24. The zero-order chi connectivity index (χ0) is 28.7. The average molecular weight is 557 g/mol. The summed E-state index contributed by atoms with van der Waals surface area (Å²) in [6.07, 6.45) is 14.3. The molecule has 2 heterocycles. The molecule has 3 aliphatic rings. The quantitative estimate of drug-likeness (QED) is 0.316. The summed E-state index contributed by atoms with van der Waals surface area (Å²) in [5, 5.41) is 0.884. The van der Waals surface area contributed by atoms with Gasteiger partial charge in [-0.05, 0) is 72.2 Å². The molecule has 0 aromatic heterocycles. The van der Waals surface area contributed by atoms with Crippen molar-refractivity contribution in [3.05, 3.63) is 106 Å². The molecular formula is C36H45ClN2O. The van der Waals surface area contributed by atoms with Crippen LogP contribution in [0.5, 0.6) is 0 Å². The number of para-hydroxylation sites is 2. The number of ether oxygens (including phenoxy) is 1. The highest BCUT2D eigenvalue weighted by Gasteiger charge is 2.55. The Kier molecular flexibility index (Phi) is 7.85. The molecule has 0 spiro atoms.